The third-order valence-electron chi connectivity index (χ3n) is 5.22. The average molecular weight is 388 g/mol. The summed E-state index contributed by atoms with van der Waals surface area (Å²) in [5.74, 6) is -1.13. The van der Waals surface area contributed by atoms with Gasteiger partial charge in [-0.25, -0.2) is 17.9 Å². The van der Waals surface area contributed by atoms with Crippen molar-refractivity contribution in [3.8, 4) is 0 Å². The fraction of sp³-hybridized carbons (Fsp3) is 0.350. The SMILES string of the molecule is Cc1c(C(=O)O)cccc1S(=O)(=O)NC1CCN(Cc2ccccc2)C1C. The Hall–Kier alpha value is -2.22. The Bertz CT molecular complexity index is 928. The van der Waals surface area contributed by atoms with Crippen LogP contribution in [0, 0.1) is 6.92 Å². The van der Waals surface area contributed by atoms with E-state index in [1.165, 1.54) is 30.7 Å². The number of carboxylic acid groups (broad SMARTS) is 1. The first kappa shape index (κ1) is 19.5. The summed E-state index contributed by atoms with van der Waals surface area (Å²) in [6, 6.07) is 14.2. The van der Waals surface area contributed by atoms with E-state index in [2.05, 4.69) is 21.8 Å². The third-order valence-corrected chi connectivity index (χ3v) is 6.86. The van der Waals surface area contributed by atoms with Gasteiger partial charge in [0.2, 0.25) is 10.0 Å². The van der Waals surface area contributed by atoms with E-state index >= 15 is 0 Å². The molecule has 0 saturated carbocycles. The normalized spacial score (nSPS) is 20.7. The first-order valence-corrected chi connectivity index (χ1v) is 10.4. The summed E-state index contributed by atoms with van der Waals surface area (Å²) < 4.78 is 28.5. The van der Waals surface area contributed by atoms with Crippen LogP contribution in [0.25, 0.3) is 0 Å². The molecule has 0 spiro atoms. The van der Waals surface area contributed by atoms with Crippen LogP contribution in [0.5, 0.6) is 0 Å². The molecule has 1 aliphatic heterocycles. The Morgan fingerprint density at radius 1 is 1.19 bits per heavy atom. The molecule has 0 radical (unpaired) electrons. The van der Waals surface area contributed by atoms with Gasteiger partial charge in [-0.1, -0.05) is 36.4 Å². The zero-order valence-electron chi connectivity index (χ0n) is 15.4. The Labute approximate surface area is 159 Å². The Kier molecular flexibility index (Phi) is 5.64. The van der Waals surface area contributed by atoms with Gasteiger partial charge >= 0.3 is 5.97 Å². The molecule has 2 atom stereocenters. The lowest BCUT2D eigenvalue weighted by molar-refractivity contribution is 0.0696. The van der Waals surface area contributed by atoms with E-state index in [-0.39, 0.29) is 28.1 Å². The highest BCUT2D eigenvalue weighted by Crippen LogP contribution is 2.24. The molecule has 0 bridgehead atoms. The first-order valence-electron chi connectivity index (χ1n) is 8.93. The number of aromatic carboxylic acids is 1. The van der Waals surface area contributed by atoms with Crippen LogP contribution in [0.1, 0.15) is 34.8 Å². The van der Waals surface area contributed by atoms with Crippen LogP contribution in [-0.2, 0) is 16.6 Å². The van der Waals surface area contributed by atoms with E-state index in [0.29, 0.717) is 6.42 Å². The number of hydrogen-bond acceptors (Lipinski definition) is 4. The maximum atomic E-state index is 12.9. The van der Waals surface area contributed by atoms with Gasteiger partial charge in [-0.05, 0) is 43.5 Å². The Morgan fingerprint density at radius 2 is 1.89 bits per heavy atom. The minimum Gasteiger partial charge on any atom is -0.478 e. The van der Waals surface area contributed by atoms with Gasteiger partial charge in [-0.15, -0.1) is 0 Å². The van der Waals surface area contributed by atoms with Crippen LogP contribution in [0.4, 0.5) is 0 Å². The van der Waals surface area contributed by atoms with E-state index < -0.39 is 16.0 Å². The van der Waals surface area contributed by atoms with Crippen molar-refractivity contribution in [2.45, 2.75) is 43.8 Å². The second-order valence-electron chi connectivity index (χ2n) is 6.95. The molecule has 2 N–H and O–H groups in total. The van der Waals surface area contributed by atoms with Crippen LogP contribution >= 0.6 is 0 Å². The molecule has 0 aliphatic carbocycles. The van der Waals surface area contributed by atoms with Gasteiger partial charge in [-0.3, -0.25) is 4.90 Å². The Balaban J connectivity index is 1.75. The van der Waals surface area contributed by atoms with Crippen molar-refractivity contribution in [2.75, 3.05) is 6.54 Å². The number of rotatable bonds is 6. The minimum atomic E-state index is -3.80. The lowest BCUT2D eigenvalue weighted by atomic mass is 10.1. The average Bonchev–Trinajstić information content (AvgIpc) is 2.95. The van der Waals surface area contributed by atoms with Gasteiger partial charge in [0.25, 0.3) is 0 Å². The number of sulfonamides is 1. The van der Waals surface area contributed by atoms with Crippen LogP contribution in [0.3, 0.4) is 0 Å². The molecule has 2 aromatic carbocycles. The number of carbonyl (C=O) groups is 1. The predicted molar refractivity (Wildman–Crippen MR) is 103 cm³/mol. The minimum absolute atomic E-state index is 0.00282. The molecule has 2 unspecified atom stereocenters. The summed E-state index contributed by atoms with van der Waals surface area (Å²) in [5, 5.41) is 9.24. The lowest BCUT2D eigenvalue weighted by Crippen LogP contribution is -2.43. The molecule has 0 aromatic heterocycles. The van der Waals surface area contributed by atoms with Gasteiger partial charge in [0.1, 0.15) is 0 Å². The maximum absolute atomic E-state index is 12.9. The second kappa shape index (κ2) is 7.80. The zero-order valence-corrected chi connectivity index (χ0v) is 16.2. The van der Waals surface area contributed by atoms with Gasteiger partial charge in [0.05, 0.1) is 10.5 Å². The van der Waals surface area contributed by atoms with Crippen molar-refractivity contribution in [3.63, 3.8) is 0 Å². The van der Waals surface area contributed by atoms with E-state index in [0.717, 1.165) is 13.1 Å². The lowest BCUT2D eigenvalue weighted by Gasteiger charge is -2.25. The molecule has 1 saturated heterocycles. The first-order chi connectivity index (χ1) is 12.8. The van der Waals surface area contributed by atoms with Gasteiger partial charge < -0.3 is 5.11 Å². The van der Waals surface area contributed by atoms with Crippen LogP contribution in [0.2, 0.25) is 0 Å². The summed E-state index contributed by atoms with van der Waals surface area (Å²) >= 11 is 0. The molecular weight excluding hydrogens is 364 g/mol. The summed E-state index contributed by atoms with van der Waals surface area (Å²) in [6.45, 7) is 5.12. The second-order valence-corrected chi connectivity index (χ2v) is 8.63. The number of benzene rings is 2. The van der Waals surface area contributed by atoms with Crippen LogP contribution in [0.15, 0.2) is 53.4 Å². The summed E-state index contributed by atoms with van der Waals surface area (Å²) in [6.07, 6.45) is 0.713. The topological polar surface area (TPSA) is 86.7 Å². The fourth-order valence-electron chi connectivity index (χ4n) is 3.60. The largest absolute Gasteiger partial charge is 0.478 e. The van der Waals surface area contributed by atoms with Crippen molar-refractivity contribution in [2.24, 2.45) is 0 Å². The molecular formula is C20H24N2O4S. The van der Waals surface area contributed by atoms with Gasteiger partial charge in [0.15, 0.2) is 0 Å². The third kappa shape index (κ3) is 4.21. The van der Waals surface area contributed by atoms with Crippen LogP contribution < -0.4 is 4.72 Å². The standard InChI is InChI=1S/C20H24N2O4S/c1-14-17(20(23)24)9-6-10-19(14)27(25,26)21-18-11-12-22(15(18)2)13-16-7-4-3-5-8-16/h3-10,15,18,21H,11-13H2,1-2H3,(H,23,24). The summed E-state index contributed by atoms with van der Waals surface area (Å²) in [5.41, 5.74) is 1.45. The highest BCUT2D eigenvalue weighted by molar-refractivity contribution is 7.89. The van der Waals surface area contributed by atoms with Crippen molar-refractivity contribution in [1.29, 1.82) is 0 Å². The van der Waals surface area contributed by atoms with Crippen molar-refractivity contribution in [3.05, 3.63) is 65.2 Å². The summed E-state index contributed by atoms with van der Waals surface area (Å²) in [7, 11) is -3.80. The zero-order chi connectivity index (χ0) is 19.6. The van der Waals surface area contributed by atoms with Gasteiger partial charge in [0, 0.05) is 25.2 Å². The highest BCUT2D eigenvalue weighted by Gasteiger charge is 2.34. The molecule has 1 heterocycles. The van der Waals surface area contributed by atoms with E-state index in [1.54, 1.807) is 0 Å². The van der Waals surface area contributed by atoms with E-state index in [4.69, 9.17) is 0 Å². The number of carboxylic acids is 1. The monoisotopic (exact) mass is 388 g/mol. The number of nitrogens with zero attached hydrogens (tertiary/aromatic N) is 1. The number of hydrogen-bond donors (Lipinski definition) is 2. The fourth-order valence-corrected chi connectivity index (χ4v) is 5.21. The number of likely N-dealkylation sites (tertiary alicyclic amines) is 1. The molecule has 1 aliphatic rings. The maximum Gasteiger partial charge on any atom is 0.335 e. The molecule has 2 aromatic rings. The van der Waals surface area contributed by atoms with Crippen molar-refractivity contribution < 1.29 is 18.3 Å². The van der Waals surface area contributed by atoms with Crippen molar-refractivity contribution >= 4 is 16.0 Å². The molecule has 7 heteroatoms. The van der Waals surface area contributed by atoms with Crippen LogP contribution in [-0.4, -0.2) is 43.0 Å². The summed E-state index contributed by atoms with van der Waals surface area (Å²) in [4.78, 5) is 13.6. The molecule has 3 rings (SSSR count). The smallest absolute Gasteiger partial charge is 0.335 e. The predicted octanol–water partition coefficient (Wildman–Crippen LogP) is 2.63. The van der Waals surface area contributed by atoms with E-state index in [1.807, 2.05) is 25.1 Å². The highest BCUT2D eigenvalue weighted by atomic mass is 32.2. The molecule has 0 amide bonds. The van der Waals surface area contributed by atoms with Gasteiger partial charge in [-0.2, -0.15) is 0 Å². The molecule has 27 heavy (non-hydrogen) atoms. The van der Waals surface area contributed by atoms with E-state index in [9.17, 15) is 18.3 Å². The molecule has 6 nitrogen and oxygen atoms in total. The molecule has 1 fully saturated rings. The number of nitrogens with one attached hydrogen (secondary N) is 1. The quantitative estimate of drug-likeness (QED) is 0.794. The van der Waals surface area contributed by atoms with Crippen molar-refractivity contribution in [1.82, 2.24) is 9.62 Å². The Morgan fingerprint density at radius 3 is 2.56 bits per heavy atom. The molecule has 144 valence electrons.